The van der Waals surface area contributed by atoms with Crippen LogP contribution in [-0.4, -0.2) is 21.2 Å². The van der Waals surface area contributed by atoms with Crippen LogP contribution >= 0.6 is 11.3 Å². The lowest BCUT2D eigenvalue weighted by Crippen LogP contribution is -2.04. The Balaban J connectivity index is 1.73. The Hall–Kier alpha value is -2.67. The Morgan fingerprint density at radius 1 is 1.33 bits per heavy atom. The number of aromatic nitrogens is 2. The molecule has 0 bridgehead atoms. The molecule has 3 rings (SSSR count). The standard InChI is InChI=1S/C14H10N2O4S/c17-14(18)10-3-1-2-4-11(10)19-7-12-15-13(20-16-12)9-5-6-21-8-9/h1-6,8H,7H2,(H,17,18). The fraction of sp³-hybridized carbons (Fsp3) is 0.0714. The number of carboxylic acid groups (broad SMARTS) is 1. The molecule has 106 valence electrons. The normalized spacial score (nSPS) is 10.5. The highest BCUT2D eigenvalue weighted by atomic mass is 32.1. The third-order valence-electron chi connectivity index (χ3n) is 2.71. The van der Waals surface area contributed by atoms with E-state index in [0.29, 0.717) is 11.7 Å². The Bertz CT molecular complexity index is 752. The number of carbonyl (C=O) groups is 1. The minimum Gasteiger partial charge on any atom is -0.485 e. The molecule has 3 aromatic rings. The van der Waals surface area contributed by atoms with Crippen molar-refractivity contribution in [3.63, 3.8) is 0 Å². The van der Waals surface area contributed by atoms with E-state index >= 15 is 0 Å². The third-order valence-corrected chi connectivity index (χ3v) is 3.39. The van der Waals surface area contributed by atoms with Crippen LogP contribution in [0.15, 0.2) is 45.6 Å². The van der Waals surface area contributed by atoms with Crippen LogP contribution in [0.25, 0.3) is 11.5 Å². The van der Waals surface area contributed by atoms with Crippen molar-refractivity contribution < 1.29 is 19.2 Å². The van der Waals surface area contributed by atoms with Crippen molar-refractivity contribution in [1.29, 1.82) is 0 Å². The first-order chi connectivity index (χ1) is 10.2. The largest absolute Gasteiger partial charge is 0.485 e. The summed E-state index contributed by atoms with van der Waals surface area (Å²) in [5, 5.41) is 16.7. The van der Waals surface area contributed by atoms with Crippen LogP contribution in [0.1, 0.15) is 16.2 Å². The first kappa shape index (κ1) is 13.3. The van der Waals surface area contributed by atoms with Gasteiger partial charge in [-0.3, -0.25) is 0 Å². The van der Waals surface area contributed by atoms with Gasteiger partial charge in [0.25, 0.3) is 5.89 Å². The first-order valence-electron chi connectivity index (χ1n) is 6.04. The summed E-state index contributed by atoms with van der Waals surface area (Å²) in [4.78, 5) is 15.3. The van der Waals surface area contributed by atoms with Gasteiger partial charge in [-0.1, -0.05) is 17.3 Å². The molecule has 1 N–H and O–H groups in total. The van der Waals surface area contributed by atoms with Gasteiger partial charge in [-0.05, 0) is 23.6 Å². The number of para-hydroxylation sites is 1. The molecular formula is C14H10N2O4S. The number of ether oxygens (including phenoxy) is 1. The molecule has 0 amide bonds. The molecule has 0 aliphatic rings. The molecule has 2 aromatic heterocycles. The number of benzene rings is 1. The van der Waals surface area contributed by atoms with Crippen molar-refractivity contribution in [2.75, 3.05) is 0 Å². The maximum Gasteiger partial charge on any atom is 0.339 e. The van der Waals surface area contributed by atoms with Crippen LogP contribution in [0.4, 0.5) is 0 Å². The second-order valence-corrected chi connectivity index (χ2v) is 4.90. The van der Waals surface area contributed by atoms with Gasteiger partial charge in [0.15, 0.2) is 6.61 Å². The molecule has 0 unspecified atom stereocenters. The van der Waals surface area contributed by atoms with Gasteiger partial charge in [-0.25, -0.2) is 4.79 Å². The molecule has 2 heterocycles. The summed E-state index contributed by atoms with van der Waals surface area (Å²) in [5.74, 6) is 0.00215. The molecule has 0 aliphatic carbocycles. The van der Waals surface area contributed by atoms with Crippen molar-refractivity contribution >= 4 is 17.3 Å². The lowest BCUT2D eigenvalue weighted by atomic mass is 10.2. The van der Waals surface area contributed by atoms with Crippen LogP contribution in [0.2, 0.25) is 0 Å². The quantitative estimate of drug-likeness (QED) is 0.779. The zero-order valence-corrected chi connectivity index (χ0v) is 11.5. The molecule has 0 saturated heterocycles. The summed E-state index contributed by atoms with van der Waals surface area (Å²) < 4.78 is 10.6. The monoisotopic (exact) mass is 302 g/mol. The second kappa shape index (κ2) is 5.76. The SMILES string of the molecule is O=C(O)c1ccccc1OCc1noc(-c2ccsc2)n1. The number of hydrogen-bond acceptors (Lipinski definition) is 6. The van der Waals surface area contributed by atoms with E-state index in [2.05, 4.69) is 10.1 Å². The molecule has 6 nitrogen and oxygen atoms in total. The molecule has 0 atom stereocenters. The van der Waals surface area contributed by atoms with Gasteiger partial charge in [0, 0.05) is 5.38 Å². The summed E-state index contributed by atoms with van der Waals surface area (Å²) in [5.41, 5.74) is 0.948. The van der Waals surface area contributed by atoms with E-state index < -0.39 is 5.97 Å². The van der Waals surface area contributed by atoms with Crippen LogP contribution < -0.4 is 4.74 Å². The summed E-state index contributed by atoms with van der Waals surface area (Å²) in [6.45, 7) is 0.0396. The Labute approximate surface area is 123 Å². The van der Waals surface area contributed by atoms with Crippen LogP contribution in [-0.2, 0) is 6.61 Å². The Morgan fingerprint density at radius 2 is 2.19 bits per heavy atom. The van der Waals surface area contributed by atoms with Gasteiger partial charge in [0.05, 0.1) is 5.56 Å². The highest BCUT2D eigenvalue weighted by Gasteiger charge is 2.13. The minimum atomic E-state index is -1.04. The van der Waals surface area contributed by atoms with E-state index in [1.54, 1.807) is 18.2 Å². The smallest absolute Gasteiger partial charge is 0.339 e. The Morgan fingerprint density at radius 3 is 2.95 bits per heavy atom. The first-order valence-corrected chi connectivity index (χ1v) is 6.98. The summed E-state index contributed by atoms with van der Waals surface area (Å²) >= 11 is 1.53. The molecule has 0 saturated carbocycles. The summed E-state index contributed by atoms with van der Waals surface area (Å²) in [6.07, 6.45) is 0. The average molecular weight is 302 g/mol. The molecular weight excluding hydrogens is 292 g/mol. The van der Waals surface area contributed by atoms with Gasteiger partial charge in [0.2, 0.25) is 5.82 Å². The van der Waals surface area contributed by atoms with Crippen molar-refractivity contribution in [1.82, 2.24) is 10.1 Å². The number of rotatable bonds is 5. The number of nitrogens with zero attached hydrogens (tertiary/aromatic N) is 2. The Kier molecular flexibility index (Phi) is 3.65. The number of aromatic carboxylic acids is 1. The molecule has 0 spiro atoms. The topological polar surface area (TPSA) is 85.5 Å². The number of carboxylic acids is 1. The van der Waals surface area contributed by atoms with Gasteiger partial charge < -0.3 is 14.4 Å². The van der Waals surface area contributed by atoms with Crippen LogP contribution in [0.5, 0.6) is 5.75 Å². The highest BCUT2D eigenvalue weighted by Crippen LogP contribution is 2.21. The van der Waals surface area contributed by atoms with Gasteiger partial charge in [0.1, 0.15) is 11.3 Å². The van der Waals surface area contributed by atoms with Gasteiger partial charge in [-0.15, -0.1) is 0 Å². The number of thiophene rings is 1. The molecule has 0 fully saturated rings. The highest BCUT2D eigenvalue weighted by molar-refractivity contribution is 7.08. The molecule has 0 aliphatic heterocycles. The zero-order valence-electron chi connectivity index (χ0n) is 10.7. The van der Waals surface area contributed by atoms with Gasteiger partial charge >= 0.3 is 5.97 Å². The third kappa shape index (κ3) is 2.92. The van der Waals surface area contributed by atoms with Crippen LogP contribution in [0, 0.1) is 0 Å². The predicted molar refractivity (Wildman–Crippen MR) is 75.3 cm³/mol. The molecule has 7 heteroatoms. The predicted octanol–water partition coefficient (Wildman–Crippen LogP) is 3.08. The minimum absolute atomic E-state index is 0.0396. The van der Waals surface area contributed by atoms with Gasteiger partial charge in [-0.2, -0.15) is 16.3 Å². The van der Waals surface area contributed by atoms with E-state index in [4.69, 9.17) is 14.4 Å². The van der Waals surface area contributed by atoms with Crippen molar-refractivity contribution in [3.8, 4) is 17.2 Å². The van der Waals surface area contributed by atoms with E-state index in [-0.39, 0.29) is 17.9 Å². The fourth-order valence-corrected chi connectivity index (χ4v) is 2.36. The maximum absolute atomic E-state index is 11.1. The van der Waals surface area contributed by atoms with E-state index in [1.165, 1.54) is 17.4 Å². The van der Waals surface area contributed by atoms with Crippen LogP contribution in [0.3, 0.4) is 0 Å². The lowest BCUT2D eigenvalue weighted by molar-refractivity contribution is 0.0691. The summed E-state index contributed by atoms with van der Waals surface area (Å²) in [7, 11) is 0. The molecule has 1 aromatic carbocycles. The summed E-state index contributed by atoms with van der Waals surface area (Å²) in [6, 6.07) is 8.28. The lowest BCUT2D eigenvalue weighted by Gasteiger charge is -2.06. The van der Waals surface area contributed by atoms with Crippen molar-refractivity contribution in [3.05, 3.63) is 52.5 Å². The van der Waals surface area contributed by atoms with E-state index in [0.717, 1.165) is 5.56 Å². The van der Waals surface area contributed by atoms with Crippen molar-refractivity contribution in [2.24, 2.45) is 0 Å². The number of hydrogen-bond donors (Lipinski definition) is 1. The second-order valence-electron chi connectivity index (χ2n) is 4.12. The van der Waals surface area contributed by atoms with E-state index in [9.17, 15) is 4.79 Å². The van der Waals surface area contributed by atoms with Crippen molar-refractivity contribution in [2.45, 2.75) is 6.61 Å². The van der Waals surface area contributed by atoms with E-state index in [1.807, 2.05) is 16.8 Å². The maximum atomic E-state index is 11.1. The fourth-order valence-electron chi connectivity index (χ4n) is 1.73. The molecule has 21 heavy (non-hydrogen) atoms. The zero-order chi connectivity index (χ0) is 14.7. The average Bonchev–Trinajstić information content (AvgIpc) is 3.16. The molecule has 0 radical (unpaired) electrons.